The third kappa shape index (κ3) is 5.12. The zero-order valence-corrected chi connectivity index (χ0v) is 19.8. The number of hydrogen-bond donors (Lipinski definition) is 1. The number of thioether (sulfide) groups is 1. The molecule has 10 heteroatoms. The van der Waals surface area contributed by atoms with E-state index in [9.17, 15) is 14.4 Å². The SMILES string of the molecule is CC[C@H](C)Oc1ccc(/C=C2\SC(=O)N(CC(=O)Nc3ccc4c(c3)OCO4)C2=O)cc1OC. The predicted octanol–water partition coefficient (Wildman–Crippen LogP) is 4.28. The van der Waals surface area contributed by atoms with Crippen LogP contribution in [0.25, 0.3) is 6.08 Å². The molecule has 3 amide bonds. The van der Waals surface area contributed by atoms with Crippen molar-refractivity contribution in [3.8, 4) is 23.0 Å². The molecular weight excluding hydrogens is 460 g/mol. The number of anilines is 1. The van der Waals surface area contributed by atoms with Crippen LogP contribution in [-0.2, 0) is 9.59 Å². The quantitative estimate of drug-likeness (QED) is 0.554. The normalized spacial score (nSPS) is 16.7. The summed E-state index contributed by atoms with van der Waals surface area (Å²) in [5.74, 6) is 1.19. The number of hydrogen-bond acceptors (Lipinski definition) is 8. The molecule has 0 spiro atoms. The third-order valence-corrected chi connectivity index (χ3v) is 6.13. The number of rotatable bonds is 8. The van der Waals surface area contributed by atoms with E-state index in [1.54, 1.807) is 42.5 Å². The molecule has 1 atom stereocenters. The van der Waals surface area contributed by atoms with Gasteiger partial charge in [0.05, 0.1) is 18.1 Å². The second-order valence-corrected chi connectivity index (χ2v) is 8.62. The highest BCUT2D eigenvalue weighted by Crippen LogP contribution is 2.36. The summed E-state index contributed by atoms with van der Waals surface area (Å²) < 4.78 is 21.8. The zero-order valence-electron chi connectivity index (χ0n) is 19.0. The van der Waals surface area contributed by atoms with E-state index in [4.69, 9.17) is 18.9 Å². The molecule has 4 rings (SSSR count). The van der Waals surface area contributed by atoms with Crippen molar-refractivity contribution in [1.82, 2.24) is 4.90 Å². The van der Waals surface area contributed by atoms with E-state index in [1.165, 1.54) is 7.11 Å². The van der Waals surface area contributed by atoms with Gasteiger partial charge in [-0.2, -0.15) is 0 Å². The van der Waals surface area contributed by atoms with Gasteiger partial charge in [-0.15, -0.1) is 0 Å². The first-order valence-corrected chi connectivity index (χ1v) is 11.5. The molecule has 0 radical (unpaired) electrons. The van der Waals surface area contributed by atoms with Crippen molar-refractivity contribution >= 4 is 40.6 Å². The molecule has 2 aromatic carbocycles. The van der Waals surface area contributed by atoms with Crippen LogP contribution in [0, 0.1) is 0 Å². The maximum absolute atomic E-state index is 12.8. The summed E-state index contributed by atoms with van der Waals surface area (Å²) in [5.41, 5.74) is 1.15. The predicted molar refractivity (Wildman–Crippen MR) is 127 cm³/mol. The molecule has 2 aliphatic rings. The lowest BCUT2D eigenvalue weighted by Gasteiger charge is -2.15. The van der Waals surface area contributed by atoms with Crippen molar-refractivity contribution in [2.24, 2.45) is 0 Å². The minimum Gasteiger partial charge on any atom is -0.493 e. The number of ether oxygens (including phenoxy) is 4. The first-order chi connectivity index (χ1) is 16.4. The Bertz CT molecular complexity index is 1160. The smallest absolute Gasteiger partial charge is 0.294 e. The highest BCUT2D eigenvalue weighted by Gasteiger charge is 2.36. The lowest BCUT2D eigenvalue weighted by Crippen LogP contribution is -2.36. The Kier molecular flexibility index (Phi) is 6.97. The summed E-state index contributed by atoms with van der Waals surface area (Å²) in [4.78, 5) is 38.8. The van der Waals surface area contributed by atoms with Crippen LogP contribution in [0.2, 0.25) is 0 Å². The molecule has 1 fully saturated rings. The average Bonchev–Trinajstić information content (AvgIpc) is 3.39. The minimum absolute atomic E-state index is 0.0278. The fourth-order valence-corrected chi connectivity index (χ4v) is 4.12. The van der Waals surface area contributed by atoms with E-state index in [0.717, 1.165) is 23.1 Å². The summed E-state index contributed by atoms with van der Waals surface area (Å²) in [7, 11) is 1.54. The van der Waals surface area contributed by atoms with Gasteiger partial charge in [-0.1, -0.05) is 13.0 Å². The van der Waals surface area contributed by atoms with E-state index >= 15 is 0 Å². The maximum Gasteiger partial charge on any atom is 0.294 e. The number of nitrogens with zero attached hydrogens (tertiary/aromatic N) is 1. The molecule has 9 nitrogen and oxygen atoms in total. The van der Waals surface area contributed by atoms with Gasteiger partial charge in [-0.3, -0.25) is 19.3 Å². The molecule has 2 heterocycles. The van der Waals surface area contributed by atoms with Crippen molar-refractivity contribution in [3.63, 3.8) is 0 Å². The van der Waals surface area contributed by atoms with Crippen LogP contribution in [0.1, 0.15) is 25.8 Å². The molecule has 178 valence electrons. The van der Waals surface area contributed by atoms with Crippen molar-refractivity contribution in [2.75, 3.05) is 25.8 Å². The molecule has 1 N–H and O–H groups in total. The van der Waals surface area contributed by atoms with Gasteiger partial charge in [-0.05, 0) is 61.0 Å². The van der Waals surface area contributed by atoms with Gasteiger partial charge in [0.1, 0.15) is 6.54 Å². The van der Waals surface area contributed by atoms with E-state index in [-0.39, 0.29) is 17.8 Å². The molecule has 0 unspecified atom stereocenters. The molecule has 0 aromatic heterocycles. The van der Waals surface area contributed by atoms with Crippen molar-refractivity contribution in [3.05, 3.63) is 46.9 Å². The fraction of sp³-hybridized carbons (Fsp3) is 0.292. The van der Waals surface area contributed by atoms with Gasteiger partial charge in [0.25, 0.3) is 11.1 Å². The number of nitrogens with one attached hydrogen (secondary N) is 1. The Morgan fingerprint density at radius 1 is 1.18 bits per heavy atom. The van der Waals surface area contributed by atoms with Gasteiger partial charge < -0.3 is 24.3 Å². The van der Waals surface area contributed by atoms with Crippen molar-refractivity contribution in [1.29, 1.82) is 0 Å². The third-order valence-electron chi connectivity index (χ3n) is 5.22. The standard InChI is InChI=1S/C24H24N2O7S/c1-4-14(2)33-18-7-5-15(9-19(18)30-3)10-21-23(28)26(24(29)34-21)12-22(27)25-16-6-8-17-20(11-16)32-13-31-17/h5-11,14H,4,12-13H2,1-3H3,(H,25,27)/b21-10-/t14-/m0/s1. The second kappa shape index (κ2) is 10.1. The van der Waals surface area contributed by atoms with Crippen LogP contribution in [0.5, 0.6) is 23.0 Å². The van der Waals surface area contributed by atoms with Crippen LogP contribution in [-0.4, -0.2) is 48.5 Å². The van der Waals surface area contributed by atoms with Gasteiger partial charge in [0, 0.05) is 11.8 Å². The second-order valence-electron chi connectivity index (χ2n) is 7.63. The van der Waals surface area contributed by atoms with Crippen LogP contribution >= 0.6 is 11.8 Å². The average molecular weight is 485 g/mol. The van der Waals surface area contributed by atoms with Gasteiger partial charge in [-0.25, -0.2) is 0 Å². The van der Waals surface area contributed by atoms with Gasteiger partial charge >= 0.3 is 0 Å². The van der Waals surface area contributed by atoms with E-state index in [2.05, 4.69) is 5.32 Å². The Balaban J connectivity index is 1.43. The molecule has 34 heavy (non-hydrogen) atoms. The lowest BCUT2D eigenvalue weighted by molar-refractivity contribution is -0.127. The molecule has 0 bridgehead atoms. The molecule has 0 aliphatic carbocycles. The van der Waals surface area contributed by atoms with E-state index in [1.807, 2.05) is 13.8 Å². The first-order valence-electron chi connectivity index (χ1n) is 10.7. The number of methoxy groups -OCH3 is 1. The zero-order chi connectivity index (χ0) is 24.2. The Hall–Kier alpha value is -3.66. The topological polar surface area (TPSA) is 103 Å². The van der Waals surface area contributed by atoms with Crippen LogP contribution in [0.15, 0.2) is 41.3 Å². The fourth-order valence-electron chi connectivity index (χ4n) is 3.28. The van der Waals surface area contributed by atoms with Gasteiger partial charge in [0.2, 0.25) is 12.7 Å². The van der Waals surface area contributed by atoms with E-state index < -0.39 is 23.6 Å². The summed E-state index contributed by atoms with van der Waals surface area (Å²) in [5, 5.41) is 2.15. The number of imide groups is 1. The summed E-state index contributed by atoms with van der Waals surface area (Å²) in [6.07, 6.45) is 2.47. The number of benzene rings is 2. The first kappa shape index (κ1) is 23.5. The van der Waals surface area contributed by atoms with Crippen LogP contribution < -0.4 is 24.3 Å². The largest absolute Gasteiger partial charge is 0.493 e. The highest BCUT2D eigenvalue weighted by atomic mass is 32.2. The number of amides is 3. The Morgan fingerprint density at radius 3 is 2.74 bits per heavy atom. The summed E-state index contributed by atoms with van der Waals surface area (Å²) in [6, 6.07) is 10.2. The van der Waals surface area contributed by atoms with Crippen LogP contribution in [0.3, 0.4) is 0 Å². The summed E-state index contributed by atoms with van der Waals surface area (Å²) >= 11 is 0.783. The van der Waals surface area contributed by atoms with E-state index in [0.29, 0.717) is 34.2 Å². The molecule has 1 saturated heterocycles. The maximum atomic E-state index is 12.8. The monoisotopic (exact) mass is 484 g/mol. The Labute approximate surface area is 201 Å². The lowest BCUT2D eigenvalue weighted by atomic mass is 10.1. The van der Waals surface area contributed by atoms with Crippen LogP contribution in [0.4, 0.5) is 10.5 Å². The molecule has 2 aromatic rings. The molecular formula is C24H24N2O7S. The molecule has 2 aliphatic heterocycles. The number of fused-ring (bicyclic) bond motifs is 1. The number of carbonyl (C=O) groups is 3. The van der Waals surface area contributed by atoms with Crippen molar-refractivity contribution in [2.45, 2.75) is 26.4 Å². The highest BCUT2D eigenvalue weighted by molar-refractivity contribution is 8.18. The minimum atomic E-state index is -0.533. The Morgan fingerprint density at radius 2 is 1.97 bits per heavy atom. The number of carbonyl (C=O) groups excluding carboxylic acids is 3. The van der Waals surface area contributed by atoms with Crippen molar-refractivity contribution < 1.29 is 33.3 Å². The van der Waals surface area contributed by atoms with Gasteiger partial charge in [0.15, 0.2) is 23.0 Å². The molecule has 0 saturated carbocycles. The summed E-state index contributed by atoms with van der Waals surface area (Å²) in [6.45, 7) is 3.71.